The molecule has 0 saturated heterocycles. The van der Waals surface area contributed by atoms with Gasteiger partial charge in [-0.1, -0.05) is 20.8 Å². The van der Waals surface area contributed by atoms with Gasteiger partial charge in [0.25, 0.3) is 0 Å². The SMILES string of the molecule is CCN([SiH3])[SiH2]N(CC)CC. The van der Waals surface area contributed by atoms with Crippen molar-refractivity contribution in [3.05, 3.63) is 0 Å². The first-order chi connectivity index (χ1) is 4.74. The van der Waals surface area contributed by atoms with Gasteiger partial charge in [-0.3, -0.25) is 0 Å². The Balaban J connectivity index is 3.41. The lowest BCUT2D eigenvalue weighted by molar-refractivity contribution is 0.462. The van der Waals surface area contributed by atoms with Crippen LogP contribution in [0.25, 0.3) is 0 Å². The number of nitrogens with zero attached hydrogens (tertiary/aromatic N) is 2. The lowest BCUT2D eigenvalue weighted by atomic mass is 10.7. The molecule has 0 amide bonds. The largest absolute Gasteiger partial charge is 0.346 e. The predicted octanol–water partition coefficient (Wildman–Crippen LogP) is -1.07. The minimum Gasteiger partial charge on any atom is -0.346 e. The van der Waals surface area contributed by atoms with Crippen LogP contribution in [-0.4, -0.2) is 48.7 Å². The van der Waals surface area contributed by atoms with Crippen LogP contribution in [0.1, 0.15) is 20.8 Å². The van der Waals surface area contributed by atoms with E-state index in [-0.39, 0.29) is 9.84 Å². The summed E-state index contributed by atoms with van der Waals surface area (Å²) >= 11 is 0. The van der Waals surface area contributed by atoms with Gasteiger partial charge in [-0.05, 0) is 19.6 Å². The van der Waals surface area contributed by atoms with Gasteiger partial charge in [0.2, 0.25) is 0 Å². The Kier molecular flexibility index (Phi) is 6.30. The number of hydrogen-bond acceptors (Lipinski definition) is 2. The molecule has 0 spiro atoms. The van der Waals surface area contributed by atoms with E-state index >= 15 is 0 Å². The quantitative estimate of drug-likeness (QED) is 0.492. The maximum atomic E-state index is 2.59. The van der Waals surface area contributed by atoms with Crippen LogP contribution in [0.3, 0.4) is 0 Å². The van der Waals surface area contributed by atoms with Gasteiger partial charge in [0.1, 0.15) is 0 Å². The van der Waals surface area contributed by atoms with Crippen LogP contribution in [-0.2, 0) is 0 Å². The maximum Gasteiger partial charge on any atom is 0.165 e. The molecule has 0 saturated carbocycles. The molecule has 0 aliphatic rings. The van der Waals surface area contributed by atoms with Gasteiger partial charge < -0.3 is 8.80 Å². The van der Waals surface area contributed by atoms with Crippen LogP contribution < -0.4 is 0 Å². The molecule has 0 rings (SSSR count). The third kappa shape index (κ3) is 4.21. The summed E-state index contributed by atoms with van der Waals surface area (Å²) in [5, 5.41) is 0. The van der Waals surface area contributed by atoms with Crippen molar-refractivity contribution in [1.29, 1.82) is 0 Å². The normalized spacial score (nSPS) is 12.9. The minimum absolute atomic E-state index is 0.0220. The monoisotopic (exact) mass is 176 g/mol. The maximum absolute atomic E-state index is 2.59. The van der Waals surface area contributed by atoms with E-state index in [4.69, 9.17) is 0 Å². The topological polar surface area (TPSA) is 6.48 Å². The van der Waals surface area contributed by atoms with Crippen molar-refractivity contribution in [3.63, 3.8) is 0 Å². The molecule has 0 aromatic heterocycles. The smallest absolute Gasteiger partial charge is 0.165 e. The first-order valence-electron chi connectivity index (χ1n) is 4.15. The number of rotatable bonds is 5. The molecule has 0 atom stereocenters. The summed E-state index contributed by atoms with van der Waals surface area (Å²) in [6.07, 6.45) is 0. The molecule has 0 bridgehead atoms. The van der Waals surface area contributed by atoms with Crippen molar-refractivity contribution in [1.82, 2.24) is 8.80 Å². The Hall–Kier alpha value is 0.354. The summed E-state index contributed by atoms with van der Waals surface area (Å²) in [6, 6.07) is 0. The van der Waals surface area contributed by atoms with Gasteiger partial charge >= 0.3 is 0 Å². The van der Waals surface area contributed by atoms with Crippen molar-refractivity contribution < 1.29 is 0 Å². The average Bonchev–Trinajstić information content (AvgIpc) is 1.99. The molecule has 0 aliphatic carbocycles. The van der Waals surface area contributed by atoms with E-state index < -0.39 is 0 Å². The molecule has 0 N–H and O–H groups in total. The van der Waals surface area contributed by atoms with E-state index in [1.165, 1.54) is 30.0 Å². The summed E-state index contributed by atoms with van der Waals surface area (Å²) in [7, 11) is 1.23. The van der Waals surface area contributed by atoms with Crippen LogP contribution in [0, 0.1) is 0 Å². The second-order valence-electron chi connectivity index (χ2n) is 2.62. The summed E-state index contributed by atoms with van der Waals surface area (Å²) in [4.78, 5) is 0. The van der Waals surface area contributed by atoms with Crippen molar-refractivity contribution in [2.75, 3.05) is 19.6 Å². The van der Waals surface area contributed by atoms with Crippen LogP contribution in [0.15, 0.2) is 0 Å². The Morgan fingerprint density at radius 1 is 1.10 bits per heavy atom. The highest BCUT2D eigenvalue weighted by Gasteiger charge is 2.01. The van der Waals surface area contributed by atoms with Gasteiger partial charge in [0.05, 0.1) is 10.4 Å². The molecule has 0 radical (unpaired) electrons. The van der Waals surface area contributed by atoms with E-state index in [1.807, 2.05) is 0 Å². The van der Waals surface area contributed by atoms with Crippen LogP contribution in [0.4, 0.5) is 0 Å². The molecular formula is C6H20N2Si2. The van der Waals surface area contributed by atoms with E-state index in [9.17, 15) is 0 Å². The molecule has 62 valence electrons. The molecule has 0 aromatic carbocycles. The zero-order chi connectivity index (χ0) is 7.98. The number of hydrogen-bond donors (Lipinski definition) is 0. The van der Waals surface area contributed by atoms with Crippen molar-refractivity contribution in [2.45, 2.75) is 20.8 Å². The third-order valence-electron chi connectivity index (χ3n) is 1.88. The zero-order valence-corrected chi connectivity index (χ0v) is 11.1. The Morgan fingerprint density at radius 2 is 1.60 bits per heavy atom. The Labute approximate surface area is 70.1 Å². The Bertz CT molecular complexity index is 76.1. The summed E-state index contributed by atoms with van der Waals surface area (Å²) in [5.74, 6) is 0. The summed E-state index contributed by atoms with van der Waals surface area (Å²) in [6.45, 7) is 10.5. The summed E-state index contributed by atoms with van der Waals surface area (Å²) in [5.41, 5.74) is 0. The van der Waals surface area contributed by atoms with E-state index in [1.54, 1.807) is 0 Å². The minimum atomic E-state index is -0.0220. The van der Waals surface area contributed by atoms with Gasteiger partial charge in [0.15, 0.2) is 9.84 Å². The first kappa shape index (κ1) is 10.4. The van der Waals surface area contributed by atoms with Crippen molar-refractivity contribution in [2.24, 2.45) is 0 Å². The average molecular weight is 176 g/mol. The van der Waals surface area contributed by atoms with Gasteiger partial charge in [-0.15, -0.1) is 0 Å². The van der Waals surface area contributed by atoms with Gasteiger partial charge in [0, 0.05) is 0 Å². The molecule has 2 nitrogen and oxygen atoms in total. The zero-order valence-electron chi connectivity index (χ0n) is 7.72. The molecule has 0 aromatic rings. The van der Waals surface area contributed by atoms with E-state index in [0.717, 1.165) is 0 Å². The molecule has 0 heterocycles. The fourth-order valence-corrected chi connectivity index (χ4v) is 3.35. The van der Waals surface area contributed by atoms with E-state index in [2.05, 4.69) is 29.6 Å². The third-order valence-corrected chi connectivity index (χ3v) is 5.58. The van der Waals surface area contributed by atoms with E-state index in [0.29, 0.717) is 0 Å². The fraction of sp³-hybridized carbons (Fsp3) is 1.00. The van der Waals surface area contributed by atoms with Crippen molar-refractivity contribution >= 4 is 20.2 Å². The van der Waals surface area contributed by atoms with Crippen LogP contribution in [0.2, 0.25) is 0 Å². The molecule has 0 aliphatic heterocycles. The standard InChI is InChI=1S/C6H20N2Si2/c1-4-7(5-2)10-8(9)6-3/h4-6,10H2,1-3,9H3. The van der Waals surface area contributed by atoms with Crippen LogP contribution in [0.5, 0.6) is 0 Å². The molecule has 0 unspecified atom stereocenters. The highest BCUT2D eigenvalue weighted by molar-refractivity contribution is 6.39. The highest BCUT2D eigenvalue weighted by atomic mass is 28.3. The molecule has 0 fully saturated rings. The van der Waals surface area contributed by atoms with Crippen LogP contribution >= 0.6 is 0 Å². The fourth-order valence-electron chi connectivity index (χ4n) is 0.865. The van der Waals surface area contributed by atoms with Crippen molar-refractivity contribution in [3.8, 4) is 0 Å². The lowest BCUT2D eigenvalue weighted by Crippen LogP contribution is -2.39. The predicted molar refractivity (Wildman–Crippen MR) is 53.8 cm³/mol. The summed E-state index contributed by atoms with van der Waals surface area (Å²) < 4.78 is 5.17. The first-order valence-corrected chi connectivity index (χ1v) is 6.31. The molecule has 10 heavy (non-hydrogen) atoms. The second kappa shape index (κ2) is 6.09. The van der Waals surface area contributed by atoms with Gasteiger partial charge in [-0.2, -0.15) is 0 Å². The second-order valence-corrected chi connectivity index (χ2v) is 7.40. The Morgan fingerprint density at radius 3 is 1.90 bits per heavy atom. The molecule has 4 heteroatoms. The van der Waals surface area contributed by atoms with Gasteiger partial charge in [-0.25, -0.2) is 0 Å². The highest BCUT2D eigenvalue weighted by Crippen LogP contribution is 1.85. The molecular weight excluding hydrogens is 156 g/mol. The lowest BCUT2D eigenvalue weighted by Gasteiger charge is -2.23.